The first-order valence-corrected chi connectivity index (χ1v) is 5.58. The van der Waals surface area contributed by atoms with Crippen molar-refractivity contribution >= 4 is 27.5 Å². The van der Waals surface area contributed by atoms with E-state index >= 15 is 0 Å². The van der Waals surface area contributed by atoms with Crippen LogP contribution >= 0.6 is 27.5 Å². The Morgan fingerprint density at radius 2 is 2.00 bits per heavy atom. The predicted molar refractivity (Wildman–Crippen MR) is 56.6 cm³/mol. The monoisotopic (exact) mass is 274 g/mol. The van der Waals surface area contributed by atoms with Gasteiger partial charge in [-0.15, -0.1) is 0 Å². The van der Waals surface area contributed by atoms with Gasteiger partial charge in [0.2, 0.25) is 0 Å². The van der Waals surface area contributed by atoms with Crippen LogP contribution in [0.2, 0.25) is 0 Å². The molecule has 78 valence electrons. The molecule has 0 saturated heterocycles. The van der Waals surface area contributed by atoms with E-state index in [1.54, 1.807) is 0 Å². The smallest absolute Gasteiger partial charge is 0.187 e. The van der Waals surface area contributed by atoms with E-state index in [0.29, 0.717) is 6.42 Å². The van der Waals surface area contributed by atoms with Gasteiger partial charge in [0.15, 0.2) is 0 Å². The topological polar surface area (TPSA) is 0 Å². The second kappa shape index (κ2) is 6.77. The molecule has 0 heterocycles. The zero-order valence-corrected chi connectivity index (χ0v) is 9.97. The Bertz CT molecular complexity index is 163. The average Bonchev–Trinajstić information content (AvgIpc) is 2.02. The van der Waals surface area contributed by atoms with Crippen molar-refractivity contribution in [2.75, 3.05) is 0 Å². The minimum absolute atomic E-state index is 0.413. The molecule has 0 nitrogen and oxygen atoms in total. The Labute approximate surface area is 91.5 Å². The van der Waals surface area contributed by atoms with E-state index in [9.17, 15) is 8.78 Å². The standard InChI is InChI=1S/C9H14BrClF2/c1-2-3-4-5-6-7-8(11)9(10,12)13/h7H,2-6H2,1H3. The van der Waals surface area contributed by atoms with E-state index in [2.05, 4.69) is 22.9 Å². The maximum Gasteiger partial charge on any atom is 0.336 e. The van der Waals surface area contributed by atoms with E-state index in [1.165, 1.54) is 6.08 Å². The number of hydrogen-bond acceptors (Lipinski definition) is 0. The van der Waals surface area contributed by atoms with Crippen LogP contribution in [0.25, 0.3) is 0 Å². The van der Waals surface area contributed by atoms with Crippen LogP contribution in [0.5, 0.6) is 0 Å². The van der Waals surface area contributed by atoms with Gasteiger partial charge in [-0.05, 0) is 28.8 Å². The van der Waals surface area contributed by atoms with Crippen LogP contribution in [-0.2, 0) is 0 Å². The molecular formula is C9H14BrClF2. The normalized spacial score (nSPS) is 13.5. The van der Waals surface area contributed by atoms with Crippen molar-refractivity contribution in [2.24, 2.45) is 0 Å². The molecule has 0 rings (SSSR count). The Hall–Kier alpha value is 0.370. The summed E-state index contributed by atoms with van der Waals surface area (Å²) in [6, 6.07) is 0. The van der Waals surface area contributed by atoms with Crippen LogP contribution in [0.1, 0.15) is 39.0 Å². The first-order chi connectivity index (χ1) is 5.98. The molecule has 0 spiro atoms. The molecule has 0 radical (unpaired) electrons. The van der Waals surface area contributed by atoms with E-state index in [-0.39, 0.29) is 0 Å². The third-order valence-electron chi connectivity index (χ3n) is 1.65. The molecule has 0 aromatic rings. The van der Waals surface area contributed by atoms with Gasteiger partial charge in [-0.1, -0.05) is 43.9 Å². The summed E-state index contributed by atoms with van der Waals surface area (Å²) in [6.07, 6.45) is 6.30. The third kappa shape index (κ3) is 7.44. The molecule has 0 aliphatic rings. The van der Waals surface area contributed by atoms with Crippen molar-refractivity contribution in [3.8, 4) is 0 Å². The van der Waals surface area contributed by atoms with Crippen LogP contribution in [0, 0.1) is 0 Å². The molecule has 0 aromatic carbocycles. The largest absolute Gasteiger partial charge is 0.336 e. The summed E-state index contributed by atoms with van der Waals surface area (Å²) in [5.41, 5.74) is 0. The highest BCUT2D eigenvalue weighted by Gasteiger charge is 2.27. The van der Waals surface area contributed by atoms with Gasteiger partial charge < -0.3 is 0 Å². The number of allylic oxidation sites excluding steroid dienone is 2. The quantitative estimate of drug-likeness (QED) is 0.469. The van der Waals surface area contributed by atoms with Crippen LogP contribution in [0.4, 0.5) is 8.78 Å². The molecule has 0 aliphatic heterocycles. The van der Waals surface area contributed by atoms with Crippen LogP contribution in [-0.4, -0.2) is 4.83 Å². The maximum atomic E-state index is 12.4. The number of rotatable bonds is 6. The van der Waals surface area contributed by atoms with Crippen molar-refractivity contribution < 1.29 is 8.78 Å². The van der Waals surface area contributed by atoms with E-state index < -0.39 is 9.86 Å². The van der Waals surface area contributed by atoms with Crippen molar-refractivity contribution in [2.45, 2.75) is 43.9 Å². The number of halogens is 4. The zero-order chi connectivity index (χ0) is 10.3. The molecule has 0 N–H and O–H groups in total. The number of alkyl halides is 3. The Balaban J connectivity index is 3.60. The molecule has 13 heavy (non-hydrogen) atoms. The lowest BCUT2D eigenvalue weighted by molar-refractivity contribution is 0.165. The zero-order valence-electron chi connectivity index (χ0n) is 7.62. The highest BCUT2D eigenvalue weighted by molar-refractivity contribution is 9.10. The molecule has 0 aromatic heterocycles. The lowest BCUT2D eigenvalue weighted by Gasteiger charge is -2.05. The molecule has 0 bridgehead atoms. The van der Waals surface area contributed by atoms with Crippen molar-refractivity contribution in [3.63, 3.8) is 0 Å². The Morgan fingerprint density at radius 1 is 1.38 bits per heavy atom. The van der Waals surface area contributed by atoms with Gasteiger partial charge in [0.25, 0.3) is 0 Å². The lowest BCUT2D eigenvalue weighted by atomic mass is 10.1. The Kier molecular flexibility index (Phi) is 6.96. The summed E-state index contributed by atoms with van der Waals surface area (Å²) < 4.78 is 24.8. The average molecular weight is 276 g/mol. The van der Waals surface area contributed by atoms with Crippen LogP contribution < -0.4 is 0 Å². The van der Waals surface area contributed by atoms with Crippen LogP contribution in [0.15, 0.2) is 11.1 Å². The minimum Gasteiger partial charge on any atom is -0.187 e. The number of hydrogen-bond donors (Lipinski definition) is 0. The molecule has 0 unspecified atom stereocenters. The summed E-state index contributed by atoms with van der Waals surface area (Å²) in [5.74, 6) is 0. The molecule has 0 aliphatic carbocycles. The predicted octanol–water partition coefficient (Wildman–Crippen LogP) is 5.07. The summed E-state index contributed by atoms with van der Waals surface area (Å²) in [5, 5.41) is -0.413. The fraction of sp³-hybridized carbons (Fsp3) is 0.778. The molecule has 0 fully saturated rings. The first-order valence-electron chi connectivity index (χ1n) is 4.41. The Morgan fingerprint density at radius 3 is 2.46 bits per heavy atom. The van der Waals surface area contributed by atoms with Gasteiger partial charge >= 0.3 is 4.83 Å². The van der Waals surface area contributed by atoms with Gasteiger partial charge in [-0.3, -0.25) is 0 Å². The fourth-order valence-corrected chi connectivity index (χ4v) is 1.19. The third-order valence-corrected chi connectivity index (χ3v) is 2.70. The maximum absolute atomic E-state index is 12.4. The molecule has 4 heteroatoms. The van der Waals surface area contributed by atoms with Crippen LogP contribution in [0.3, 0.4) is 0 Å². The van der Waals surface area contributed by atoms with Crippen molar-refractivity contribution in [1.29, 1.82) is 0 Å². The van der Waals surface area contributed by atoms with Crippen molar-refractivity contribution in [3.05, 3.63) is 11.1 Å². The SMILES string of the molecule is CCCCCCC=C(Cl)C(F)(F)Br. The van der Waals surface area contributed by atoms with E-state index in [1.807, 2.05) is 0 Å². The first kappa shape index (κ1) is 13.4. The molecule has 0 saturated carbocycles. The summed E-state index contributed by atoms with van der Waals surface area (Å²) >= 11 is 7.53. The molecule has 0 atom stereocenters. The minimum atomic E-state index is -3.06. The highest BCUT2D eigenvalue weighted by Crippen LogP contribution is 2.33. The summed E-state index contributed by atoms with van der Waals surface area (Å²) in [7, 11) is 0. The van der Waals surface area contributed by atoms with Crippen molar-refractivity contribution in [1.82, 2.24) is 0 Å². The van der Waals surface area contributed by atoms with Gasteiger partial charge in [0.1, 0.15) is 0 Å². The van der Waals surface area contributed by atoms with Gasteiger partial charge in [0.05, 0.1) is 5.03 Å². The van der Waals surface area contributed by atoms with Gasteiger partial charge in [-0.2, -0.15) is 8.78 Å². The highest BCUT2D eigenvalue weighted by atomic mass is 79.9. The summed E-state index contributed by atoms with van der Waals surface area (Å²) in [4.78, 5) is -3.06. The van der Waals surface area contributed by atoms with Gasteiger partial charge in [-0.25, -0.2) is 0 Å². The van der Waals surface area contributed by atoms with Gasteiger partial charge in [0, 0.05) is 0 Å². The molecule has 0 amide bonds. The number of unbranched alkanes of at least 4 members (excludes halogenated alkanes) is 4. The second-order valence-corrected chi connectivity index (χ2v) is 4.30. The molecular weight excluding hydrogens is 261 g/mol. The second-order valence-electron chi connectivity index (χ2n) is 2.90. The fourth-order valence-electron chi connectivity index (χ4n) is 0.916. The lowest BCUT2D eigenvalue weighted by Crippen LogP contribution is -2.03. The van der Waals surface area contributed by atoms with E-state index in [0.717, 1.165) is 25.7 Å². The van der Waals surface area contributed by atoms with E-state index in [4.69, 9.17) is 11.6 Å². The summed E-state index contributed by atoms with van der Waals surface area (Å²) in [6.45, 7) is 2.11.